The maximum absolute atomic E-state index is 6.51. The molecule has 0 bridgehead atoms. The molecule has 1 nitrogen and oxygen atoms in total. The van der Waals surface area contributed by atoms with Crippen LogP contribution in [0.1, 0.15) is 0 Å². The highest BCUT2D eigenvalue weighted by Gasteiger charge is 2.18. The number of hydrogen-bond donors (Lipinski definition) is 0. The predicted octanol–water partition coefficient (Wildman–Crippen LogP) is 10.4. The first-order valence-electron chi connectivity index (χ1n) is 12.8. The Morgan fingerprint density at radius 2 is 1.05 bits per heavy atom. The average Bonchev–Trinajstić information content (AvgIpc) is 3.32. The molecular weight excluding hydrogens is 482 g/mol. The smallest absolute Gasteiger partial charge is 0.0541 e. The number of fused-ring (bicyclic) bond motifs is 3. The van der Waals surface area contributed by atoms with Gasteiger partial charge in [0.05, 0.1) is 16.7 Å². The maximum atomic E-state index is 6.51. The highest BCUT2D eigenvalue weighted by molar-refractivity contribution is 6.31. The second-order valence-electron chi connectivity index (χ2n) is 9.52. The molecule has 180 valence electrons. The number of rotatable bonds is 4. The van der Waals surface area contributed by atoms with Gasteiger partial charge in [0, 0.05) is 21.4 Å². The SMILES string of the molecule is Clc1ccc(-c2ccccc2-n2c3ccccc3c3cc(-c4ccccc4)ccc32)c(-c2ccccc2)c1. The lowest BCUT2D eigenvalue weighted by molar-refractivity contribution is 1.18. The molecule has 7 aromatic rings. The highest BCUT2D eigenvalue weighted by atomic mass is 35.5. The van der Waals surface area contributed by atoms with Crippen LogP contribution in [0.25, 0.3) is 60.9 Å². The van der Waals surface area contributed by atoms with Crippen molar-refractivity contribution in [2.24, 2.45) is 0 Å². The highest BCUT2D eigenvalue weighted by Crippen LogP contribution is 2.41. The third-order valence-corrected chi connectivity index (χ3v) is 7.52. The number of benzene rings is 6. The first-order valence-corrected chi connectivity index (χ1v) is 13.2. The molecule has 0 fully saturated rings. The summed E-state index contributed by atoms with van der Waals surface area (Å²) >= 11 is 6.51. The molecule has 0 aliphatic heterocycles. The summed E-state index contributed by atoms with van der Waals surface area (Å²) in [5.41, 5.74) is 10.6. The molecule has 1 heterocycles. The number of para-hydroxylation sites is 2. The zero-order chi connectivity index (χ0) is 25.5. The molecule has 0 saturated heterocycles. The summed E-state index contributed by atoms with van der Waals surface area (Å²) in [6.45, 7) is 0. The van der Waals surface area contributed by atoms with Gasteiger partial charge in [-0.15, -0.1) is 0 Å². The van der Waals surface area contributed by atoms with E-state index in [-0.39, 0.29) is 0 Å². The van der Waals surface area contributed by atoms with Crippen LogP contribution in [0, 0.1) is 0 Å². The van der Waals surface area contributed by atoms with E-state index in [0.717, 1.165) is 33.0 Å². The normalized spacial score (nSPS) is 11.3. The lowest BCUT2D eigenvalue weighted by Crippen LogP contribution is -1.98. The summed E-state index contributed by atoms with van der Waals surface area (Å²) in [6.07, 6.45) is 0. The van der Waals surface area contributed by atoms with Crippen LogP contribution >= 0.6 is 11.6 Å². The van der Waals surface area contributed by atoms with Gasteiger partial charge in [-0.3, -0.25) is 0 Å². The molecule has 1 aromatic heterocycles. The summed E-state index contributed by atoms with van der Waals surface area (Å²) < 4.78 is 2.40. The monoisotopic (exact) mass is 505 g/mol. The zero-order valence-corrected chi connectivity index (χ0v) is 21.4. The van der Waals surface area contributed by atoms with E-state index >= 15 is 0 Å². The Hall–Kier alpha value is -4.59. The van der Waals surface area contributed by atoms with Gasteiger partial charge in [0.15, 0.2) is 0 Å². The minimum atomic E-state index is 0.732. The number of hydrogen-bond acceptors (Lipinski definition) is 0. The number of halogens is 1. The number of aromatic nitrogens is 1. The quantitative estimate of drug-likeness (QED) is 0.224. The van der Waals surface area contributed by atoms with Crippen LogP contribution in [0.15, 0.2) is 146 Å². The first kappa shape index (κ1) is 22.6. The van der Waals surface area contributed by atoms with Crippen LogP contribution in [-0.2, 0) is 0 Å². The van der Waals surface area contributed by atoms with Crippen molar-refractivity contribution in [2.75, 3.05) is 0 Å². The number of nitrogens with zero attached hydrogens (tertiary/aromatic N) is 1. The minimum Gasteiger partial charge on any atom is -0.309 e. The Bertz CT molecular complexity index is 1920. The first-order chi connectivity index (χ1) is 18.8. The van der Waals surface area contributed by atoms with Crippen molar-refractivity contribution in [2.45, 2.75) is 0 Å². The molecule has 0 aliphatic rings. The lowest BCUT2D eigenvalue weighted by atomic mass is 9.93. The van der Waals surface area contributed by atoms with Gasteiger partial charge in [0.2, 0.25) is 0 Å². The van der Waals surface area contributed by atoms with E-state index in [9.17, 15) is 0 Å². The fourth-order valence-corrected chi connectivity index (χ4v) is 5.72. The topological polar surface area (TPSA) is 4.93 Å². The van der Waals surface area contributed by atoms with Gasteiger partial charge in [-0.2, -0.15) is 0 Å². The Kier molecular flexibility index (Phi) is 5.57. The zero-order valence-electron chi connectivity index (χ0n) is 20.7. The lowest BCUT2D eigenvalue weighted by Gasteiger charge is -2.17. The van der Waals surface area contributed by atoms with Crippen LogP contribution in [-0.4, -0.2) is 4.57 Å². The average molecular weight is 506 g/mol. The molecule has 0 aliphatic carbocycles. The molecule has 0 saturated carbocycles. The molecule has 0 radical (unpaired) electrons. The fourth-order valence-electron chi connectivity index (χ4n) is 5.55. The van der Waals surface area contributed by atoms with E-state index in [1.165, 1.54) is 32.9 Å². The third-order valence-electron chi connectivity index (χ3n) is 7.28. The van der Waals surface area contributed by atoms with Gasteiger partial charge in [0.25, 0.3) is 0 Å². The molecule has 0 amide bonds. The molecule has 0 atom stereocenters. The van der Waals surface area contributed by atoms with Crippen LogP contribution < -0.4 is 0 Å². The second kappa shape index (κ2) is 9.37. The molecule has 0 unspecified atom stereocenters. The van der Waals surface area contributed by atoms with Gasteiger partial charge >= 0.3 is 0 Å². The van der Waals surface area contributed by atoms with E-state index in [0.29, 0.717) is 0 Å². The van der Waals surface area contributed by atoms with E-state index < -0.39 is 0 Å². The largest absolute Gasteiger partial charge is 0.309 e. The van der Waals surface area contributed by atoms with Gasteiger partial charge < -0.3 is 4.57 Å². The van der Waals surface area contributed by atoms with Crippen molar-refractivity contribution < 1.29 is 0 Å². The molecule has 2 heteroatoms. The van der Waals surface area contributed by atoms with E-state index in [2.05, 4.69) is 138 Å². The summed E-state index contributed by atoms with van der Waals surface area (Å²) in [7, 11) is 0. The summed E-state index contributed by atoms with van der Waals surface area (Å²) in [5, 5.41) is 3.22. The molecule has 0 spiro atoms. The van der Waals surface area contributed by atoms with Crippen molar-refractivity contribution in [3.05, 3.63) is 151 Å². The van der Waals surface area contributed by atoms with E-state index in [1.54, 1.807) is 0 Å². The fraction of sp³-hybridized carbons (Fsp3) is 0. The van der Waals surface area contributed by atoms with E-state index in [1.807, 2.05) is 12.1 Å². The Labute approximate surface area is 227 Å². The molecule has 38 heavy (non-hydrogen) atoms. The van der Waals surface area contributed by atoms with Crippen LogP contribution in [0.3, 0.4) is 0 Å². The Morgan fingerprint density at radius 1 is 0.395 bits per heavy atom. The van der Waals surface area contributed by atoms with E-state index in [4.69, 9.17) is 11.6 Å². The summed E-state index contributed by atoms with van der Waals surface area (Å²) in [6, 6.07) is 51.4. The van der Waals surface area contributed by atoms with Crippen molar-refractivity contribution in [1.29, 1.82) is 0 Å². The van der Waals surface area contributed by atoms with Gasteiger partial charge in [0.1, 0.15) is 0 Å². The van der Waals surface area contributed by atoms with Gasteiger partial charge in [-0.25, -0.2) is 0 Å². The van der Waals surface area contributed by atoms with Crippen LogP contribution in [0.2, 0.25) is 5.02 Å². The second-order valence-corrected chi connectivity index (χ2v) is 9.96. The summed E-state index contributed by atoms with van der Waals surface area (Å²) in [5.74, 6) is 0. The summed E-state index contributed by atoms with van der Waals surface area (Å²) in [4.78, 5) is 0. The van der Waals surface area contributed by atoms with Crippen LogP contribution in [0.5, 0.6) is 0 Å². The third kappa shape index (κ3) is 3.80. The predicted molar refractivity (Wildman–Crippen MR) is 162 cm³/mol. The van der Waals surface area contributed by atoms with Crippen molar-refractivity contribution >= 4 is 33.4 Å². The molecular formula is C36H24ClN. The van der Waals surface area contributed by atoms with Crippen molar-refractivity contribution in [1.82, 2.24) is 4.57 Å². The standard InChI is InChI=1S/C36H24ClN/c37-28-20-21-29(32(24-28)26-13-5-2-6-14-26)30-15-7-9-17-34(30)38-35-18-10-8-16-31(35)33-23-27(19-22-36(33)38)25-11-3-1-4-12-25/h1-24H. The Balaban J connectivity index is 1.51. The van der Waals surface area contributed by atoms with Crippen molar-refractivity contribution in [3.63, 3.8) is 0 Å². The molecule has 0 N–H and O–H groups in total. The maximum Gasteiger partial charge on any atom is 0.0541 e. The Morgan fingerprint density at radius 3 is 1.87 bits per heavy atom. The van der Waals surface area contributed by atoms with Crippen molar-refractivity contribution in [3.8, 4) is 39.1 Å². The van der Waals surface area contributed by atoms with Gasteiger partial charge in [-0.05, 0) is 64.2 Å². The van der Waals surface area contributed by atoms with Gasteiger partial charge in [-0.1, -0.05) is 121 Å². The van der Waals surface area contributed by atoms with Crippen LogP contribution in [0.4, 0.5) is 0 Å². The minimum absolute atomic E-state index is 0.732. The molecule has 7 rings (SSSR count). The molecule has 6 aromatic carbocycles.